The van der Waals surface area contributed by atoms with E-state index in [2.05, 4.69) is 65.0 Å². The summed E-state index contributed by atoms with van der Waals surface area (Å²) in [6.07, 6.45) is -12.3. The third-order valence-corrected chi connectivity index (χ3v) is 12.8. The van der Waals surface area contributed by atoms with Crippen LogP contribution in [-0.2, 0) is 41.5 Å². The summed E-state index contributed by atoms with van der Waals surface area (Å²) in [5, 5.41) is 5.11. The number of carbonyl (C=O) groups is 2. The second kappa shape index (κ2) is 16.0. The van der Waals surface area contributed by atoms with E-state index in [1.54, 1.807) is 44.2 Å². The zero-order chi connectivity index (χ0) is 42.0. The summed E-state index contributed by atoms with van der Waals surface area (Å²) in [6, 6.07) is 8.31. The number of benzene rings is 1. The van der Waals surface area contributed by atoms with E-state index in [9.17, 15) is 23.5 Å². The summed E-state index contributed by atoms with van der Waals surface area (Å²) >= 11 is 8.15. The van der Waals surface area contributed by atoms with E-state index < -0.39 is 98.8 Å². The van der Waals surface area contributed by atoms with Gasteiger partial charge in [0.2, 0.25) is 11.9 Å². The van der Waals surface area contributed by atoms with Crippen molar-refractivity contribution < 1.29 is 55.1 Å². The Balaban J connectivity index is 1.05. The fourth-order valence-corrected chi connectivity index (χ4v) is 10.1. The molecule has 0 saturated carbocycles. The van der Waals surface area contributed by atoms with Gasteiger partial charge in [-0.2, -0.15) is 4.98 Å². The minimum absolute atomic E-state index is 0.0177. The van der Waals surface area contributed by atoms with Gasteiger partial charge in [-0.1, -0.05) is 56.5 Å². The van der Waals surface area contributed by atoms with Crippen molar-refractivity contribution in [2.75, 3.05) is 17.2 Å². The van der Waals surface area contributed by atoms with Crippen LogP contribution < -0.4 is 16.2 Å². The van der Waals surface area contributed by atoms with Crippen LogP contribution in [0.1, 0.15) is 43.6 Å². The monoisotopic (exact) mass is 898 g/mol. The first-order valence-electron chi connectivity index (χ1n) is 17.8. The zero-order valence-corrected chi connectivity index (χ0v) is 34.3. The van der Waals surface area contributed by atoms with Gasteiger partial charge in [0, 0.05) is 11.5 Å². The number of anilines is 2. The molecule has 0 radical (unpaired) electrons. The number of aromatic nitrogens is 8. The van der Waals surface area contributed by atoms with E-state index in [-0.39, 0.29) is 34.1 Å². The highest BCUT2D eigenvalue weighted by atomic mass is 32.7. The first-order valence-corrected chi connectivity index (χ1v) is 23.2. The summed E-state index contributed by atoms with van der Waals surface area (Å²) in [7, 11) is 0. The molecule has 8 rings (SSSR count). The SMILES string of the molecule is CC(C)C(=O)Nc1nc2c(ncn2[C@@H]2O[C@@H]3CO[P@@](=O)(S)O[C@H]4[C@@H](F)[C@H](n5cnc6c(NC(=O)c7ccccc7)ncnc65)O[C@@H]4[C@H](C)O[P@@](=O)(S)O[C@H]3[C@H]2F)c(=O)[nH]1. The van der Waals surface area contributed by atoms with Crippen LogP contribution in [0, 0.1) is 5.92 Å². The molecule has 3 aliphatic rings. The number of imidazole rings is 2. The van der Waals surface area contributed by atoms with Crippen LogP contribution in [0.2, 0.25) is 0 Å². The maximum Gasteiger partial charge on any atom is 0.386 e. The molecule has 3 aliphatic heterocycles. The van der Waals surface area contributed by atoms with E-state index in [0.29, 0.717) is 5.56 Å². The third-order valence-electron chi connectivity index (χ3n) is 9.52. The van der Waals surface area contributed by atoms with E-state index in [0.717, 1.165) is 17.2 Å². The van der Waals surface area contributed by atoms with Gasteiger partial charge in [0.1, 0.15) is 30.7 Å². The van der Waals surface area contributed by atoms with Crippen molar-refractivity contribution in [3.8, 4) is 0 Å². The fourth-order valence-electron chi connectivity index (χ4n) is 6.68. The van der Waals surface area contributed by atoms with E-state index in [1.807, 2.05) is 0 Å². The number of alkyl halides is 2. The molecule has 3 fully saturated rings. The van der Waals surface area contributed by atoms with Crippen LogP contribution in [0.5, 0.6) is 0 Å². The van der Waals surface area contributed by atoms with E-state index in [1.165, 1.54) is 17.8 Å². The molecule has 314 valence electrons. The summed E-state index contributed by atoms with van der Waals surface area (Å²) in [6.45, 7) is -5.40. The van der Waals surface area contributed by atoms with Crippen molar-refractivity contribution in [1.82, 2.24) is 39.0 Å². The number of fused-ring (bicyclic) bond motifs is 4. The Bertz CT molecular complexity index is 2590. The normalized spacial score (nSPS) is 32.6. The molecule has 1 aromatic carbocycles. The minimum atomic E-state index is -4.61. The van der Waals surface area contributed by atoms with Gasteiger partial charge in [0.05, 0.1) is 25.4 Å². The summed E-state index contributed by atoms with van der Waals surface area (Å²) < 4.78 is 97.4. The number of nitrogens with one attached hydrogen (secondary N) is 3. The lowest BCUT2D eigenvalue weighted by atomic mass is 10.1. The molecule has 3 saturated heterocycles. The molecule has 59 heavy (non-hydrogen) atoms. The molecule has 0 unspecified atom stereocenters. The highest BCUT2D eigenvalue weighted by molar-refractivity contribution is 8.44. The number of hydrogen-bond donors (Lipinski definition) is 5. The Morgan fingerprint density at radius 1 is 0.864 bits per heavy atom. The van der Waals surface area contributed by atoms with Crippen LogP contribution >= 0.6 is 38.1 Å². The molecule has 21 nitrogen and oxygen atoms in total. The van der Waals surface area contributed by atoms with Crippen LogP contribution in [0.25, 0.3) is 22.3 Å². The van der Waals surface area contributed by atoms with Crippen LogP contribution in [0.4, 0.5) is 20.5 Å². The summed E-state index contributed by atoms with van der Waals surface area (Å²) in [5.74, 6) is -1.65. The van der Waals surface area contributed by atoms with Crippen molar-refractivity contribution in [2.45, 2.75) is 76.1 Å². The van der Waals surface area contributed by atoms with Gasteiger partial charge in [0.15, 0.2) is 52.9 Å². The topological polar surface area (TPSA) is 255 Å². The number of nitrogens with zero attached hydrogens (tertiary/aromatic N) is 7. The Kier molecular flexibility index (Phi) is 11.3. The minimum Gasteiger partial charge on any atom is -0.346 e. The number of rotatable bonds is 6. The first kappa shape index (κ1) is 41.6. The average Bonchev–Trinajstić information content (AvgIpc) is 3.95. The van der Waals surface area contributed by atoms with Gasteiger partial charge in [-0.25, -0.2) is 37.8 Å². The molecular weight excluding hydrogens is 864 g/mol. The molecule has 0 bridgehead atoms. The van der Waals surface area contributed by atoms with E-state index in [4.69, 9.17) is 27.6 Å². The van der Waals surface area contributed by atoms with Crippen molar-refractivity contribution >= 4 is 84.0 Å². The van der Waals surface area contributed by atoms with Gasteiger partial charge in [-0.3, -0.25) is 51.9 Å². The quantitative estimate of drug-likeness (QED) is 0.116. The Morgan fingerprint density at radius 3 is 2.25 bits per heavy atom. The van der Waals surface area contributed by atoms with Gasteiger partial charge < -0.3 is 14.8 Å². The molecule has 11 atom stereocenters. The molecular formula is C32H34F2N10O11P2S2. The largest absolute Gasteiger partial charge is 0.386 e. The van der Waals surface area contributed by atoms with Crippen molar-refractivity contribution in [1.29, 1.82) is 0 Å². The molecule has 5 aromatic rings. The highest BCUT2D eigenvalue weighted by Gasteiger charge is 2.56. The second-order valence-corrected chi connectivity index (χ2v) is 19.6. The lowest BCUT2D eigenvalue weighted by molar-refractivity contribution is -0.118. The Hall–Kier alpha value is -4.16. The molecule has 2 amide bonds. The maximum absolute atomic E-state index is 16.6. The second-order valence-electron chi connectivity index (χ2n) is 13.9. The van der Waals surface area contributed by atoms with Crippen molar-refractivity contribution in [3.05, 3.63) is 65.2 Å². The average molecular weight is 899 g/mol. The molecule has 0 aliphatic carbocycles. The smallest absolute Gasteiger partial charge is 0.346 e. The molecule has 7 heterocycles. The van der Waals surface area contributed by atoms with Crippen LogP contribution in [0.15, 0.2) is 54.1 Å². The van der Waals surface area contributed by atoms with Gasteiger partial charge >= 0.3 is 13.6 Å². The number of aromatic amines is 1. The summed E-state index contributed by atoms with van der Waals surface area (Å²) in [5.41, 5.74) is -0.723. The molecule has 3 N–H and O–H groups in total. The highest BCUT2D eigenvalue weighted by Crippen LogP contribution is 2.61. The lowest BCUT2D eigenvalue weighted by Crippen LogP contribution is -2.40. The lowest BCUT2D eigenvalue weighted by Gasteiger charge is -2.31. The van der Waals surface area contributed by atoms with Gasteiger partial charge in [-0.15, -0.1) is 0 Å². The van der Waals surface area contributed by atoms with Crippen LogP contribution in [-0.4, -0.2) is 100 Å². The fraction of sp³-hybridized carbons (Fsp3) is 0.438. The Morgan fingerprint density at radius 2 is 1.53 bits per heavy atom. The maximum atomic E-state index is 16.6. The Labute approximate surface area is 341 Å². The van der Waals surface area contributed by atoms with Crippen molar-refractivity contribution in [3.63, 3.8) is 0 Å². The molecule has 27 heteroatoms. The number of ether oxygens (including phenoxy) is 2. The standard InChI is InChI=1S/C32H34F2N10O11P2S2/c1-13(2)27(45)41-32-40-26-20(29(47)42-32)38-12-44(26)30-17(33)22-16(51-30)9-50-56(48,58)55-23-18(34)31(52-21(23)14(3)53-57(49,59)54-22)43-11-37-19-24(35-10-36-25(19)43)39-28(46)15-7-5-4-6-8-15/h4-8,10-14,16-18,21-23,30-31H,9H2,1-3H3,(H,48,58)(H,49,59)(H,35,36,39,46)(H2,40,41,42,45,47)/t14-,16+,17+,18+,21+,22+,23-,30+,31+,56+,57+/m0/s1. The number of carbonyl (C=O) groups excluding carboxylic acids is 2. The number of halogens is 2. The predicted molar refractivity (Wildman–Crippen MR) is 208 cm³/mol. The van der Waals surface area contributed by atoms with Gasteiger partial charge in [-0.05, 0) is 19.1 Å². The molecule has 4 aromatic heterocycles. The van der Waals surface area contributed by atoms with E-state index >= 15 is 8.78 Å². The molecule has 0 spiro atoms. The summed E-state index contributed by atoms with van der Waals surface area (Å²) in [4.78, 5) is 61.2. The zero-order valence-electron chi connectivity index (χ0n) is 30.8. The number of hydrogen-bond acceptors (Lipinski definition) is 16. The number of H-pyrrole nitrogens is 1. The van der Waals surface area contributed by atoms with Crippen molar-refractivity contribution in [2.24, 2.45) is 5.92 Å². The third kappa shape index (κ3) is 8.20. The van der Waals surface area contributed by atoms with Gasteiger partial charge in [0.25, 0.3) is 11.5 Å². The predicted octanol–water partition coefficient (Wildman–Crippen LogP) is 4.56. The van der Waals surface area contributed by atoms with Crippen LogP contribution in [0.3, 0.4) is 0 Å². The number of thiol groups is 2. The first-order chi connectivity index (χ1) is 28.0. The number of amides is 2.